The van der Waals surface area contributed by atoms with Gasteiger partial charge >= 0.3 is 5.97 Å². The number of aromatic nitrogens is 4. The Balaban J connectivity index is 2.82. The molecule has 0 aliphatic carbocycles. The van der Waals surface area contributed by atoms with Crippen molar-refractivity contribution in [2.24, 2.45) is 0 Å². The topological polar surface area (TPSA) is 80.4 Å². The maximum atomic E-state index is 10.7. The van der Waals surface area contributed by atoms with E-state index in [2.05, 4.69) is 31.0 Å². The summed E-state index contributed by atoms with van der Waals surface area (Å²) in [6.45, 7) is 0. The Bertz CT molecular complexity index is 480. The van der Waals surface area contributed by atoms with Crippen LogP contribution < -0.4 is 0 Å². The highest BCUT2D eigenvalue weighted by atomic mass is 79.9. The van der Waals surface area contributed by atoms with Crippen LogP contribution in [0.2, 0.25) is 0 Å². The molecule has 1 N–H and O–H groups in total. The third-order valence-corrected chi connectivity index (χ3v) is 1.77. The van der Waals surface area contributed by atoms with Crippen LogP contribution >= 0.6 is 15.9 Å². The fraction of sp³-hybridized carbons (Fsp3) is 0. The van der Waals surface area contributed by atoms with E-state index in [9.17, 15) is 4.79 Å². The van der Waals surface area contributed by atoms with E-state index < -0.39 is 5.97 Å². The lowest BCUT2D eigenvalue weighted by atomic mass is 10.4. The van der Waals surface area contributed by atoms with Gasteiger partial charge in [0.25, 0.3) is 5.78 Å². The highest BCUT2D eigenvalue weighted by molar-refractivity contribution is 9.10. The van der Waals surface area contributed by atoms with E-state index in [0.717, 1.165) is 4.52 Å². The van der Waals surface area contributed by atoms with Gasteiger partial charge in [0.2, 0.25) is 4.73 Å². The second-order valence-corrected chi connectivity index (χ2v) is 2.94. The molecule has 0 fully saturated rings. The van der Waals surface area contributed by atoms with E-state index in [1.807, 2.05) is 0 Å². The van der Waals surface area contributed by atoms with Gasteiger partial charge < -0.3 is 5.11 Å². The van der Waals surface area contributed by atoms with Gasteiger partial charge in [0.1, 0.15) is 0 Å². The standard InChI is InChI=1S/C6H3BrN4O2/c7-5-9-6-8-2-1-3(4(12)13)11(6)10-5/h1-2H,(H,12,13). The van der Waals surface area contributed by atoms with Crippen molar-refractivity contribution >= 4 is 27.7 Å². The summed E-state index contributed by atoms with van der Waals surface area (Å²) in [6.07, 6.45) is 1.37. The fourth-order valence-electron chi connectivity index (χ4n) is 0.932. The average molecular weight is 243 g/mol. The summed E-state index contributed by atoms with van der Waals surface area (Å²) in [5.74, 6) is -0.809. The van der Waals surface area contributed by atoms with Crippen LogP contribution in [-0.4, -0.2) is 30.7 Å². The second kappa shape index (κ2) is 2.77. The zero-order valence-corrected chi connectivity index (χ0v) is 7.76. The van der Waals surface area contributed by atoms with Crippen LogP contribution in [-0.2, 0) is 0 Å². The molecule has 2 aromatic rings. The highest BCUT2D eigenvalue weighted by Crippen LogP contribution is 2.06. The molecule has 66 valence electrons. The van der Waals surface area contributed by atoms with Crippen LogP contribution in [0.3, 0.4) is 0 Å². The molecule has 0 amide bonds. The highest BCUT2D eigenvalue weighted by Gasteiger charge is 2.11. The molecular formula is C6H3BrN4O2. The third-order valence-electron chi connectivity index (χ3n) is 1.43. The first-order valence-corrected chi connectivity index (χ1v) is 4.08. The van der Waals surface area contributed by atoms with Crippen LogP contribution in [0.25, 0.3) is 5.78 Å². The number of halogens is 1. The minimum atomic E-state index is -1.07. The number of nitrogens with zero attached hydrogens (tertiary/aromatic N) is 4. The number of carbonyl (C=O) groups is 1. The first-order valence-electron chi connectivity index (χ1n) is 3.29. The van der Waals surface area contributed by atoms with Crippen molar-refractivity contribution in [3.8, 4) is 0 Å². The number of aromatic carboxylic acids is 1. The molecule has 6 nitrogen and oxygen atoms in total. The summed E-state index contributed by atoms with van der Waals surface area (Å²) in [6, 6.07) is 1.36. The van der Waals surface area contributed by atoms with E-state index >= 15 is 0 Å². The lowest BCUT2D eigenvalue weighted by molar-refractivity contribution is 0.0687. The minimum absolute atomic E-state index is 0.0307. The van der Waals surface area contributed by atoms with Crippen LogP contribution in [0.15, 0.2) is 17.0 Å². The SMILES string of the molecule is O=C(O)c1ccnc2nc(Br)nn12. The van der Waals surface area contributed by atoms with E-state index in [0.29, 0.717) is 4.73 Å². The molecule has 0 radical (unpaired) electrons. The average Bonchev–Trinajstić information content (AvgIpc) is 2.43. The van der Waals surface area contributed by atoms with Crippen LogP contribution in [0.5, 0.6) is 0 Å². The zero-order chi connectivity index (χ0) is 9.42. The van der Waals surface area contributed by atoms with E-state index in [1.165, 1.54) is 12.3 Å². The largest absolute Gasteiger partial charge is 0.477 e. The van der Waals surface area contributed by atoms with Crippen LogP contribution in [0.1, 0.15) is 10.5 Å². The van der Waals surface area contributed by atoms with Crippen molar-refractivity contribution in [2.45, 2.75) is 0 Å². The summed E-state index contributed by atoms with van der Waals surface area (Å²) in [7, 11) is 0. The Labute approximate surface area is 80.4 Å². The van der Waals surface area contributed by atoms with Gasteiger partial charge in [-0.05, 0) is 22.0 Å². The van der Waals surface area contributed by atoms with Gasteiger partial charge in [-0.2, -0.15) is 9.50 Å². The van der Waals surface area contributed by atoms with Crippen molar-refractivity contribution < 1.29 is 9.90 Å². The molecular weight excluding hydrogens is 240 g/mol. The molecule has 0 spiro atoms. The Kier molecular flexibility index (Phi) is 1.73. The number of hydrogen-bond donors (Lipinski definition) is 1. The predicted octanol–water partition coefficient (Wildman–Crippen LogP) is 0.585. The van der Waals surface area contributed by atoms with E-state index in [1.54, 1.807) is 0 Å². The summed E-state index contributed by atoms with van der Waals surface area (Å²) >= 11 is 3.03. The summed E-state index contributed by atoms with van der Waals surface area (Å²) in [4.78, 5) is 18.4. The molecule has 0 aromatic carbocycles. The van der Waals surface area contributed by atoms with Gasteiger partial charge in [0.05, 0.1) is 0 Å². The second-order valence-electron chi connectivity index (χ2n) is 2.23. The van der Waals surface area contributed by atoms with Gasteiger partial charge in [-0.15, -0.1) is 5.10 Å². The Morgan fingerprint density at radius 2 is 2.38 bits per heavy atom. The lowest BCUT2D eigenvalue weighted by Crippen LogP contribution is -2.06. The number of carboxylic acid groups (broad SMARTS) is 1. The van der Waals surface area contributed by atoms with E-state index in [-0.39, 0.29) is 11.5 Å². The summed E-state index contributed by atoms with van der Waals surface area (Å²) in [5, 5.41) is 12.6. The molecule has 0 saturated heterocycles. The molecule has 0 saturated carbocycles. The van der Waals surface area contributed by atoms with Gasteiger partial charge in [-0.1, -0.05) is 0 Å². The molecule has 2 heterocycles. The quantitative estimate of drug-likeness (QED) is 0.792. The van der Waals surface area contributed by atoms with Gasteiger partial charge in [0.15, 0.2) is 5.69 Å². The van der Waals surface area contributed by atoms with Crippen molar-refractivity contribution in [1.82, 2.24) is 19.6 Å². The normalized spacial score (nSPS) is 10.5. The molecule has 0 aliphatic heterocycles. The molecule has 0 bridgehead atoms. The Morgan fingerprint density at radius 3 is 3.08 bits per heavy atom. The van der Waals surface area contributed by atoms with Crippen molar-refractivity contribution in [2.75, 3.05) is 0 Å². The third kappa shape index (κ3) is 1.26. The van der Waals surface area contributed by atoms with Crippen LogP contribution in [0, 0.1) is 0 Å². The van der Waals surface area contributed by atoms with Gasteiger partial charge in [0, 0.05) is 6.20 Å². The molecule has 0 aliphatic rings. The summed E-state index contributed by atoms with van der Waals surface area (Å²) < 4.78 is 1.47. The van der Waals surface area contributed by atoms with Crippen molar-refractivity contribution in [3.63, 3.8) is 0 Å². The number of hydrogen-bond acceptors (Lipinski definition) is 4. The zero-order valence-electron chi connectivity index (χ0n) is 6.18. The first kappa shape index (κ1) is 8.11. The minimum Gasteiger partial charge on any atom is -0.477 e. The number of rotatable bonds is 1. The Morgan fingerprint density at radius 1 is 1.62 bits per heavy atom. The molecule has 7 heteroatoms. The van der Waals surface area contributed by atoms with E-state index in [4.69, 9.17) is 5.11 Å². The predicted molar refractivity (Wildman–Crippen MR) is 45.4 cm³/mol. The number of fused-ring (bicyclic) bond motifs is 1. The molecule has 13 heavy (non-hydrogen) atoms. The summed E-state index contributed by atoms with van der Waals surface area (Å²) in [5.41, 5.74) is 0.0307. The van der Waals surface area contributed by atoms with Gasteiger partial charge in [-0.25, -0.2) is 9.78 Å². The number of carboxylic acids is 1. The van der Waals surface area contributed by atoms with Crippen molar-refractivity contribution in [1.29, 1.82) is 0 Å². The Hall–Kier alpha value is -1.50. The van der Waals surface area contributed by atoms with Gasteiger partial charge in [-0.3, -0.25) is 0 Å². The van der Waals surface area contributed by atoms with Crippen LogP contribution in [0.4, 0.5) is 0 Å². The lowest BCUT2D eigenvalue weighted by Gasteiger charge is -1.94. The first-order chi connectivity index (χ1) is 6.18. The molecule has 2 rings (SSSR count). The maximum Gasteiger partial charge on any atom is 0.354 e. The maximum absolute atomic E-state index is 10.7. The smallest absolute Gasteiger partial charge is 0.354 e. The van der Waals surface area contributed by atoms with Crippen molar-refractivity contribution in [3.05, 3.63) is 22.7 Å². The monoisotopic (exact) mass is 242 g/mol. The molecule has 0 atom stereocenters. The molecule has 2 aromatic heterocycles. The fourth-order valence-corrected chi connectivity index (χ4v) is 1.25. The molecule has 0 unspecified atom stereocenters.